The van der Waals surface area contributed by atoms with Crippen molar-refractivity contribution in [3.63, 3.8) is 0 Å². The minimum Gasteiger partial charge on any atom is -0.469 e. The van der Waals surface area contributed by atoms with Gasteiger partial charge >= 0.3 is 0 Å². The monoisotopic (exact) mass is 475 g/mol. The van der Waals surface area contributed by atoms with Gasteiger partial charge in [0.15, 0.2) is 5.96 Å². The zero-order valence-corrected chi connectivity index (χ0v) is 18.2. The highest BCUT2D eigenvalue weighted by atomic mass is 127. The molecule has 2 N–H and O–H groups in total. The van der Waals surface area contributed by atoms with Crippen molar-refractivity contribution >= 4 is 29.9 Å². The van der Waals surface area contributed by atoms with E-state index in [9.17, 15) is 0 Å². The molecule has 2 aliphatic rings. The number of fused-ring (bicyclic) bond motifs is 2. The zero-order chi connectivity index (χ0) is 17.3. The molecule has 0 spiro atoms. The molecule has 26 heavy (non-hydrogen) atoms. The van der Waals surface area contributed by atoms with Gasteiger partial charge in [-0.25, -0.2) is 0 Å². The van der Waals surface area contributed by atoms with Gasteiger partial charge < -0.3 is 19.8 Å². The van der Waals surface area contributed by atoms with E-state index in [1.165, 1.54) is 25.7 Å². The third-order valence-corrected chi connectivity index (χ3v) is 5.47. The molecule has 0 amide bonds. The van der Waals surface area contributed by atoms with Crippen molar-refractivity contribution in [1.82, 2.24) is 10.6 Å². The molecular weight excluding hydrogens is 441 g/mol. The Morgan fingerprint density at radius 3 is 2.92 bits per heavy atom. The van der Waals surface area contributed by atoms with Crippen molar-refractivity contribution in [2.75, 3.05) is 26.3 Å². The number of hydrogen-bond acceptors (Lipinski definition) is 3. The number of guanidine groups is 1. The second-order valence-corrected chi connectivity index (χ2v) is 7.32. The summed E-state index contributed by atoms with van der Waals surface area (Å²) >= 11 is 0. The van der Waals surface area contributed by atoms with E-state index >= 15 is 0 Å². The Labute approximate surface area is 174 Å². The molecule has 3 rings (SSSR count). The van der Waals surface area contributed by atoms with Gasteiger partial charge in [-0.15, -0.1) is 24.0 Å². The van der Waals surface area contributed by atoms with Gasteiger partial charge in [0.2, 0.25) is 0 Å². The Hall–Kier alpha value is -0.760. The van der Waals surface area contributed by atoms with Gasteiger partial charge in [-0.3, -0.25) is 4.99 Å². The van der Waals surface area contributed by atoms with Crippen molar-refractivity contribution in [3.8, 4) is 0 Å². The van der Waals surface area contributed by atoms with Gasteiger partial charge in [0.25, 0.3) is 0 Å². The summed E-state index contributed by atoms with van der Waals surface area (Å²) in [6.07, 6.45) is 10.3. The molecule has 0 aromatic carbocycles. The first-order valence-corrected chi connectivity index (χ1v) is 10.00. The highest BCUT2D eigenvalue weighted by Gasteiger charge is 2.39. The molecule has 5 nitrogen and oxygen atoms in total. The number of rotatable bonds is 10. The van der Waals surface area contributed by atoms with Crippen molar-refractivity contribution in [2.24, 2.45) is 16.8 Å². The number of hydrogen-bond donors (Lipinski definition) is 2. The van der Waals surface area contributed by atoms with Crippen LogP contribution in [0.4, 0.5) is 0 Å². The third kappa shape index (κ3) is 6.76. The molecule has 2 aliphatic carbocycles. The van der Waals surface area contributed by atoms with Crippen LogP contribution in [0.15, 0.2) is 27.8 Å². The van der Waals surface area contributed by atoms with E-state index in [2.05, 4.69) is 10.6 Å². The fourth-order valence-corrected chi connectivity index (χ4v) is 4.16. The van der Waals surface area contributed by atoms with Gasteiger partial charge in [0, 0.05) is 38.8 Å². The van der Waals surface area contributed by atoms with E-state index in [0.29, 0.717) is 6.04 Å². The molecule has 1 aromatic rings. The quantitative estimate of drug-likeness (QED) is 0.233. The summed E-state index contributed by atoms with van der Waals surface area (Å²) < 4.78 is 10.8. The molecule has 2 saturated carbocycles. The van der Waals surface area contributed by atoms with Crippen LogP contribution in [0.5, 0.6) is 0 Å². The van der Waals surface area contributed by atoms with Crippen molar-refractivity contribution in [3.05, 3.63) is 24.2 Å². The lowest BCUT2D eigenvalue weighted by molar-refractivity contribution is 0.144. The fourth-order valence-electron chi connectivity index (χ4n) is 4.16. The van der Waals surface area contributed by atoms with E-state index < -0.39 is 0 Å². The number of nitrogens with zero attached hydrogens (tertiary/aromatic N) is 1. The number of halogens is 1. The highest BCUT2D eigenvalue weighted by molar-refractivity contribution is 14.0. The second-order valence-electron chi connectivity index (χ2n) is 7.32. The maximum atomic E-state index is 5.41. The van der Waals surface area contributed by atoms with Crippen LogP contribution in [-0.2, 0) is 11.2 Å². The molecule has 2 fully saturated rings. The molecular formula is C20H34IN3O2. The number of furan rings is 1. The summed E-state index contributed by atoms with van der Waals surface area (Å²) in [5.41, 5.74) is 0. The fraction of sp³-hybridized carbons (Fsp3) is 0.750. The number of nitrogens with one attached hydrogen (secondary N) is 2. The molecule has 0 saturated heterocycles. The molecule has 148 valence electrons. The predicted octanol–water partition coefficient (Wildman–Crippen LogP) is 3.98. The first-order chi connectivity index (χ1) is 12.3. The summed E-state index contributed by atoms with van der Waals surface area (Å²) in [7, 11) is 0. The minimum atomic E-state index is 0. The molecule has 3 unspecified atom stereocenters. The Morgan fingerprint density at radius 2 is 2.23 bits per heavy atom. The molecule has 2 bridgehead atoms. The summed E-state index contributed by atoms with van der Waals surface area (Å²) in [4.78, 5) is 4.80. The van der Waals surface area contributed by atoms with E-state index in [-0.39, 0.29) is 24.0 Å². The van der Waals surface area contributed by atoms with Crippen LogP contribution >= 0.6 is 24.0 Å². The van der Waals surface area contributed by atoms with Crippen molar-refractivity contribution in [1.29, 1.82) is 0 Å². The molecule has 3 atom stereocenters. The topological polar surface area (TPSA) is 58.8 Å². The average Bonchev–Trinajstić information content (AvgIpc) is 3.35. The lowest BCUT2D eigenvalue weighted by Crippen LogP contribution is -2.46. The normalized spacial score (nSPS) is 24.5. The SMILES string of the molecule is CCOCCCCN=C(NCCc1ccco1)NC1CC2CCC1C2.I. The van der Waals surface area contributed by atoms with Crippen LogP contribution in [0.25, 0.3) is 0 Å². The van der Waals surface area contributed by atoms with Crippen LogP contribution in [-0.4, -0.2) is 38.3 Å². The first-order valence-electron chi connectivity index (χ1n) is 10.00. The lowest BCUT2D eigenvalue weighted by Gasteiger charge is -2.25. The molecule has 1 heterocycles. The van der Waals surface area contributed by atoms with Gasteiger partial charge in [-0.05, 0) is 63.0 Å². The Balaban J connectivity index is 0.00000243. The third-order valence-electron chi connectivity index (χ3n) is 5.47. The number of aliphatic imine (C=N–C) groups is 1. The molecule has 0 aliphatic heterocycles. The van der Waals surface area contributed by atoms with Crippen LogP contribution in [0.1, 0.15) is 51.2 Å². The standard InChI is InChI=1S/C20H33N3O2.HI/c1-2-24-12-4-3-10-21-20(22-11-9-18-6-5-13-25-18)23-19-15-16-7-8-17(19)14-16;/h5-6,13,16-17,19H,2-4,7-12,14-15H2,1H3,(H2,21,22,23);1H. The smallest absolute Gasteiger partial charge is 0.191 e. The van der Waals surface area contributed by atoms with Gasteiger partial charge in [0.05, 0.1) is 6.26 Å². The minimum absolute atomic E-state index is 0. The summed E-state index contributed by atoms with van der Waals surface area (Å²) in [6.45, 7) is 5.38. The summed E-state index contributed by atoms with van der Waals surface area (Å²) in [6, 6.07) is 4.57. The van der Waals surface area contributed by atoms with Crippen molar-refractivity contribution < 1.29 is 9.15 Å². The van der Waals surface area contributed by atoms with Gasteiger partial charge in [-0.2, -0.15) is 0 Å². The van der Waals surface area contributed by atoms with Crippen LogP contribution in [0, 0.1) is 11.8 Å². The first kappa shape index (κ1) is 21.5. The van der Waals surface area contributed by atoms with Crippen LogP contribution < -0.4 is 10.6 Å². The maximum Gasteiger partial charge on any atom is 0.191 e. The molecule has 0 radical (unpaired) electrons. The van der Waals surface area contributed by atoms with Gasteiger partial charge in [0.1, 0.15) is 5.76 Å². The van der Waals surface area contributed by atoms with Crippen molar-refractivity contribution in [2.45, 2.75) is 57.9 Å². The summed E-state index contributed by atoms with van der Waals surface area (Å²) in [5, 5.41) is 7.20. The maximum absolute atomic E-state index is 5.41. The summed E-state index contributed by atoms with van der Waals surface area (Å²) in [5.74, 6) is 3.78. The number of ether oxygens (including phenoxy) is 1. The van der Waals surface area contributed by atoms with E-state index in [1.807, 2.05) is 19.1 Å². The lowest BCUT2D eigenvalue weighted by atomic mass is 9.95. The zero-order valence-electron chi connectivity index (χ0n) is 15.9. The second kappa shape index (κ2) is 11.8. The van der Waals surface area contributed by atoms with E-state index in [4.69, 9.17) is 14.1 Å². The average molecular weight is 475 g/mol. The van der Waals surface area contributed by atoms with E-state index in [1.54, 1.807) is 6.26 Å². The van der Waals surface area contributed by atoms with Crippen LogP contribution in [0.3, 0.4) is 0 Å². The van der Waals surface area contributed by atoms with E-state index in [0.717, 1.165) is 69.1 Å². The Kier molecular flexibility index (Phi) is 9.82. The molecule has 1 aromatic heterocycles. The number of unbranched alkanes of at least 4 members (excludes halogenated alkanes) is 1. The largest absolute Gasteiger partial charge is 0.469 e. The van der Waals surface area contributed by atoms with Gasteiger partial charge in [-0.1, -0.05) is 6.42 Å². The molecule has 6 heteroatoms. The highest BCUT2D eigenvalue weighted by Crippen LogP contribution is 2.44. The Bertz CT molecular complexity index is 521. The van der Waals surface area contributed by atoms with Crippen LogP contribution in [0.2, 0.25) is 0 Å². The predicted molar refractivity (Wildman–Crippen MR) is 116 cm³/mol. The Morgan fingerprint density at radius 1 is 1.31 bits per heavy atom.